The molecule has 0 aliphatic rings. The van der Waals surface area contributed by atoms with Crippen LogP contribution < -0.4 is 0 Å². The third-order valence-corrected chi connectivity index (χ3v) is 4.24. The fraction of sp³-hybridized carbons (Fsp3) is 0.231. The van der Waals surface area contributed by atoms with Crippen molar-refractivity contribution in [3.05, 3.63) is 45.1 Å². The second kappa shape index (κ2) is 5.12. The Morgan fingerprint density at radius 1 is 1.37 bits per heavy atom. The molecule has 3 rings (SSSR count). The number of thiazole rings is 1. The van der Waals surface area contributed by atoms with Crippen molar-refractivity contribution in [3.63, 3.8) is 0 Å². The molecule has 2 aromatic heterocycles. The highest BCUT2D eigenvalue weighted by Gasteiger charge is 2.12. The highest BCUT2D eigenvalue weighted by Crippen LogP contribution is 2.23. The zero-order chi connectivity index (χ0) is 13.4. The monoisotopic (exact) mass is 311 g/mol. The molecule has 0 unspecified atom stereocenters. The number of nitrogens with zero attached hydrogens (tertiary/aromatic N) is 3. The maximum Gasteiger partial charge on any atom is 0.125 e. The lowest BCUT2D eigenvalue weighted by Gasteiger charge is -2.05. The summed E-state index contributed by atoms with van der Waals surface area (Å²) in [6.45, 7) is 2.73. The van der Waals surface area contributed by atoms with Crippen LogP contribution in [0.25, 0.3) is 11.0 Å². The fourth-order valence-electron chi connectivity index (χ4n) is 2.03. The van der Waals surface area contributed by atoms with Crippen LogP contribution in [0.3, 0.4) is 0 Å². The molecule has 0 N–H and O–H groups in total. The van der Waals surface area contributed by atoms with E-state index in [1.807, 2.05) is 31.3 Å². The van der Waals surface area contributed by atoms with Gasteiger partial charge >= 0.3 is 0 Å². The van der Waals surface area contributed by atoms with E-state index in [0.29, 0.717) is 17.4 Å². The molecule has 98 valence electrons. The van der Waals surface area contributed by atoms with Crippen molar-refractivity contribution in [2.75, 3.05) is 0 Å². The Labute approximate surface area is 124 Å². The molecule has 19 heavy (non-hydrogen) atoms. The largest absolute Gasteiger partial charge is 0.320 e. The van der Waals surface area contributed by atoms with E-state index in [9.17, 15) is 0 Å². The number of rotatable bonds is 3. The van der Waals surface area contributed by atoms with Gasteiger partial charge in [-0.1, -0.05) is 11.6 Å². The molecule has 0 amide bonds. The highest BCUT2D eigenvalue weighted by molar-refractivity contribution is 7.11. The molecular weight excluding hydrogens is 301 g/mol. The number of hydrogen-bond donors (Lipinski definition) is 0. The van der Waals surface area contributed by atoms with Crippen LogP contribution in [0.5, 0.6) is 0 Å². The van der Waals surface area contributed by atoms with Gasteiger partial charge in [0.1, 0.15) is 10.8 Å². The summed E-state index contributed by atoms with van der Waals surface area (Å²) < 4.78 is 2.08. The molecule has 3 nitrogen and oxygen atoms in total. The number of alkyl halides is 1. The Balaban J connectivity index is 2.12. The molecule has 6 heteroatoms. The van der Waals surface area contributed by atoms with Crippen molar-refractivity contribution in [2.24, 2.45) is 0 Å². The Morgan fingerprint density at radius 2 is 2.21 bits per heavy atom. The Bertz CT molecular complexity index is 733. The molecular formula is C13H11Cl2N3S. The zero-order valence-corrected chi connectivity index (χ0v) is 12.6. The van der Waals surface area contributed by atoms with Crippen LogP contribution in [0.2, 0.25) is 5.02 Å². The zero-order valence-electron chi connectivity index (χ0n) is 10.2. The topological polar surface area (TPSA) is 30.7 Å². The summed E-state index contributed by atoms with van der Waals surface area (Å²) in [7, 11) is 0. The van der Waals surface area contributed by atoms with Gasteiger partial charge in [-0.15, -0.1) is 22.9 Å². The molecule has 1 aromatic carbocycles. The van der Waals surface area contributed by atoms with Crippen molar-refractivity contribution in [1.29, 1.82) is 0 Å². The minimum absolute atomic E-state index is 0.372. The van der Waals surface area contributed by atoms with Crippen molar-refractivity contribution >= 4 is 45.6 Å². The maximum absolute atomic E-state index is 6.06. The van der Waals surface area contributed by atoms with Gasteiger partial charge in [-0.3, -0.25) is 0 Å². The molecule has 3 aromatic rings. The van der Waals surface area contributed by atoms with Crippen LogP contribution >= 0.6 is 34.5 Å². The Kier molecular flexibility index (Phi) is 3.48. The van der Waals surface area contributed by atoms with Crippen LogP contribution in [-0.2, 0) is 12.4 Å². The van der Waals surface area contributed by atoms with Gasteiger partial charge in [-0.05, 0) is 25.1 Å². The molecule has 0 spiro atoms. The van der Waals surface area contributed by atoms with E-state index in [-0.39, 0.29) is 0 Å². The third kappa shape index (κ3) is 2.48. The number of aryl methyl sites for hydroxylation is 1. The molecule has 2 heterocycles. The first kappa shape index (κ1) is 12.9. The summed E-state index contributed by atoms with van der Waals surface area (Å²) >= 11 is 13.7. The van der Waals surface area contributed by atoms with Gasteiger partial charge in [0.15, 0.2) is 0 Å². The number of imidazole rings is 1. The minimum Gasteiger partial charge on any atom is -0.320 e. The first-order valence-corrected chi connectivity index (χ1v) is 7.52. The molecule has 0 atom stereocenters. The van der Waals surface area contributed by atoms with E-state index in [1.165, 1.54) is 4.88 Å². The van der Waals surface area contributed by atoms with Gasteiger partial charge in [-0.25, -0.2) is 9.97 Å². The van der Waals surface area contributed by atoms with E-state index in [2.05, 4.69) is 14.5 Å². The standard InChI is InChI=1S/C13H11Cl2N3S/c1-8-6-16-13(19-8)7-18-11-4-9(15)2-3-10(11)17-12(18)5-14/h2-4,6H,5,7H2,1H3. The molecule has 0 radical (unpaired) electrons. The summed E-state index contributed by atoms with van der Waals surface area (Å²) in [5.74, 6) is 1.21. The van der Waals surface area contributed by atoms with E-state index >= 15 is 0 Å². The van der Waals surface area contributed by atoms with Crippen molar-refractivity contribution < 1.29 is 0 Å². The first-order valence-electron chi connectivity index (χ1n) is 5.79. The fourth-order valence-corrected chi connectivity index (χ4v) is 3.18. The second-order valence-corrected chi connectivity index (χ2v) is 6.27. The van der Waals surface area contributed by atoms with Crippen LogP contribution in [0.15, 0.2) is 24.4 Å². The predicted molar refractivity (Wildman–Crippen MR) is 80.3 cm³/mol. The van der Waals surface area contributed by atoms with Crippen molar-refractivity contribution in [3.8, 4) is 0 Å². The van der Waals surface area contributed by atoms with Gasteiger partial charge in [-0.2, -0.15) is 0 Å². The molecule has 0 bridgehead atoms. The van der Waals surface area contributed by atoms with Gasteiger partial charge in [0, 0.05) is 16.1 Å². The summed E-state index contributed by atoms with van der Waals surface area (Å²) in [4.78, 5) is 10.1. The van der Waals surface area contributed by atoms with E-state index in [1.54, 1.807) is 11.3 Å². The van der Waals surface area contributed by atoms with E-state index in [0.717, 1.165) is 21.9 Å². The van der Waals surface area contributed by atoms with Gasteiger partial charge in [0.05, 0.1) is 23.5 Å². The lowest BCUT2D eigenvalue weighted by molar-refractivity contribution is 0.773. The van der Waals surface area contributed by atoms with E-state index < -0.39 is 0 Å². The maximum atomic E-state index is 6.06. The van der Waals surface area contributed by atoms with Crippen LogP contribution in [0.1, 0.15) is 15.7 Å². The van der Waals surface area contributed by atoms with Crippen LogP contribution in [-0.4, -0.2) is 14.5 Å². The average molecular weight is 312 g/mol. The first-order chi connectivity index (χ1) is 9.17. The number of fused-ring (bicyclic) bond motifs is 1. The van der Waals surface area contributed by atoms with Crippen molar-refractivity contribution in [2.45, 2.75) is 19.3 Å². The summed E-state index contributed by atoms with van der Waals surface area (Å²) in [6, 6.07) is 5.67. The molecule has 0 saturated carbocycles. The second-order valence-electron chi connectivity index (χ2n) is 4.25. The predicted octanol–water partition coefficient (Wildman–Crippen LogP) is 4.24. The molecule has 0 saturated heterocycles. The lowest BCUT2D eigenvalue weighted by atomic mass is 10.3. The van der Waals surface area contributed by atoms with Gasteiger partial charge in [0.25, 0.3) is 0 Å². The molecule has 0 aliphatic carbocycles. The molecule has 0 aliphatic heterocycles. The van der Waals surface area contributed by atoms with Crippen LogP contribution in [0.4, 0.5) is 0 Å². The highest BCUT2D eigenvalue weighted by atomic mass is 35.5. The minimum atomic E-state index is 0.372. The number of aromatic nitrogens is 3. The normalized spacial score (nSPS) is 11.3. The lowest BCUT2D eigenvalue weighted by Crippen LogP contribution is -2.03. The van der Waals surface area contributed by atoms with Gasteiger partial charge in [0.2, 0.25) is 0 Å². The molecule has 0 fully saturated rings. The summed E-state index contributed by atoms with van der Waals surface area (Å²) in [6.07, 6.45) is 1.88. The Morgan fingerprint density at radius 3 is 2.89 bits per heavy atom. The summed E-state index contributed by atoms with van der Waals surface area (Å²) in [5.41, 5.74) is 1.91. The summed E-state index contributed by atoms with van der Waals surface area (Å²) in [5, 5.41) is 1.74. The SMILES string of the molecule is Cc1cnc(Cn2c(CCl)nc3ccc(Cl)cc32)s1. The van der Waals surface area contributed by atoms with E-state index in [4.69, 9.17) is 23.2 Å². The van der Waals surface area contributed by atoms with Gasteiger partial charge < -0.3 is 4.57 Å². The average Bonchev–Trinajstić information content (AvgIpc) is 2.94. The number of benzene rings is 1. The number of hydrogen-bond acceptors (Lipinski definition) is 3. The van der Waals surface area contributed by atoms with Crippen LogP contribution in [0, 0.1) is 6.92 Å². The quantitative estimate of drug-likeness (QED) is 0.677. The third-order valence-electron chi connectivity index (χ3n) is 2.87. The van der Waals surface area contributed by atoms with Crippen molar-refractivity contribution in [1.82, 2.24) is 14.5 Å². The number of halogens is 2. The smallest absolute Gasteiger partial charge is 0.125 e. The Hall–Kier alpha value is -1.10.